The average Bonchev–Trinajstić information content (AvgIpc) is 2.47. The van der Waals surface area contributed by atoms with E-state index in [2.05, 4.69) is 24.2 Å². The van der Waals surface area contributed by atoms with Crippen molar-refractivity contribution >= 4 is 0 Å². The highest BCUT2D eigenvalue weighted by molar-refractivity contribution is 4.76. The fourth-order valence-corrected chi connectivity index (χ4v) is 3.34. The number of ether oxygens (including phenoxy) is 1. The highest BCUT2D eigenvalue weighted by atomic mass is 16.5. The summed E-state index contributed by atoms with van der Waals surface area (Å²) in [6.07, 6.45) is 9.62. The van der Waals surface area contributed by atoms with Gasteiger partial charge in [-0.15, -0.1) is 0 Å². The minimum atomic E-state index is 0.629. The third-order valence-electron chi connectivity index (χ3n) is 4.86. The molecular formula is C16H32N2O. The van der Waals surface area contributed by atoms with Gasteiger partial charge in [0.1, 0.15) is 0 Å². The summed E-state index contributed by atoms with van der Waals surface area (Å²) in [5.74, 6) is 0.746. The molecule has 2 rings (SSSR count). The predicted octanol–water partition coefficient (Wildman–Crippen LogP) is 2.66. The van der Waals surface area contributed by atoms with E-state index in [1.54, 1.807) is 0 Å². The van der Waals surface area contributed by atoms with Gasteiger partial charge in [-0.05, 0) is 45.6 Å². The van der Waals surface area contributed by atoms with Gasteiger partial charge in [-0.3, -0.25) is 0 Å². The number of hydrogen-bond donors (Lipinski definition) is 1. The first kappa shape index (κ1) is 15.3. The Morgan fingerprint density at radius 2 is 1.95 bits per heavy atom. The van der Waals surface area contributed by atoms with Crippen LogP contribution in [-0.4, -0.2) is 50.3 Å². The smallest absolute Gasteiger partial charge is 0.0506 e. The van der Waals surface area contributed by atoms with Gasteiger partial charge in [-0.25, -0.2) is 0 Å². The molecule has 112 valence electrons. The van der Waals surface area contributed by atoms with Crippen LogP contribution in [0.3, 0.4) is 0 Å². The largest absolute Gasteiger partial charge is 0.381 e. The molecule has 0 aromatic carbocycles. The van der Waals surface area contributed by atoms with E-state index in [4.69, 9.17) is 4.74 Å². The van der Waals surface area contributed by atoms with Crippen molar-refractivity contribution in [1.82, 2.24) is 10.2 Å². The zero-order valence-electron chi connectivity index (χ0n) is 12.9. The molecule has 1 N–H and O–H groups in total. The van der Waals surface area contributed by atoms with Crippen LogP contribution in [0.15, 0.2) is 0 Å². The van der Waals surface area contributed by atoms with Gasteiger partial charge in [0, 0.05) is 31.8 Å². The Hall–Kier alpha value is -0.120. The van der Waals surface area contributed by atoms with Crippen LogP contribution in [0.25, 0.3) is 0 Å². The number of hydrogen-bond acceptors (Lipinski definition) is 3. The maximum atomic E-state index is 5.58. The molecule has 0 radical (unpaired) electrons. The quantitative estimate of drug-likeness (QED) is 0.801. The van der Waals surface area contributed by atoms with Crippen LogP contribution in [0.4, 0.5) is 0 Å². The van der Waals surface area contributed by atoms with Gasteiger partial charge in [-0.2, -0.15) is 0 Å². The summed E-state index contributed by atoms with van der Waals surface area (Å²) < 4.78 is 5.58. The van der Waals surface area contributed by atoms with E-state index in [1.807, 2.05) is 0 Å². The van der Waals surface area contributed by atoms with Crippen LogP contribution in [0.1, 0.15) is 51.9 Å². The first-order chi connectivity index (χ1) is 9.25. The van der Waals surface area contributed by atoms with Gasteiger partial charge >= 0.3 is 0 Å². The molecule has 19 heavy (non-hydrogen) atoms. The summed E-state index contributed by atoms with van der Waals surface area (Å²) in [5, 5.41) is 3.77. The van der Waals surface area contributed by atoms with E-state index in [1.165, 1.54) is 51.5 Å². The molecule has 0 bridgehead atoms. The number of nitrogens with zero attached hydrogens (tertiary/aromatic N) is 1. The van der Waals surface area contributed by atoms with Gasteiger partial charge in [0.15, 0.2) is 0 Å². The van der Waals surface area contributed by atoms with E-state index < -0.39 is 0 Å². The second-order valence-electron chi connectivity index (χ2n) is 6.61. The Kier molecular flexibility index (Phi) is 6.62. The van der Waals surface area contributed by atoms with Crippen LogP contribution >= 0.6 is 0 Å². The summed E-state index contributed by atoms with van der Waals surface area (Å²) >= 11 is 0. The Labute approximate surface area is 119 Å². The molecule has 0 amide bonds. The van der Waals surface area contributed by atoms with Gasteiger partial charge in [-0.1, -0.05) is 19.3 Å². The molecule has 1 aliphatic carbocycles. The van der Waals surface area contributed by atoms with E-state index in [9.17, 15) is 0 Å². The monoisotopic (exact) mass is 268 g/mol. The lowest BCUT2D eigenvalue weighted by Crippen LogP contribution is -2.44. The second-order valence-corrected chi connectivity index (χ2v) is 6.61. The van der Waals surface area contributed by atoms with Gasteiger partial charge in [0.25, 0.3) is 0 Å². The van der Waals surface area contributed by atoms with Gasteiger partial charge < -0.3 is 15.0 Å². The molecule has 3 heteroatoms. The van der Waals surface area contributed by atoms with Crippen LogP contribution in [0.5, 0.6) is 0 Å². The lowest BCUT2D eigenvalue weighted by atomic mass is 9.95. The summed E-state index contributed by atoms with van der Waals surface area (Å²) in [6, 6.07) is 1.41. The Morgan fingerprint density at radius 1 is 1.16 bits per heavy atom. The van der Waals surface area contributed by atoms with Crippen LogP contribution < -0.4 is 5.32 Å². The Balaban J connectivity index is 1.62. The standard InChI is InChI=1S/C16H32N2O/c1-14(11-17-16-8-4-3-5-9-16)18(2)12-15-7-6-10-19-13-15/h14-17H,3-13H2,1-2H3. The summed E-state index contributed by atoms with van der Waals surface area (Å²) in [5.41, 5.74) is 0. The third kappa shape index (κ3) is 5.41. The van der Waals surface area contributed by atoms with Crippen molar-refractivity contribution in [2.24, 2.45) is 5.92 Å². The summed E-state index contributed by atoms with van der Waals surface area (Å²) in [6.45, 7) is 6.61. The minimum absolute atomic E-state index is 0.629. The van der Waals surface area contributed by atoms with Crippen LogP contribution in [0.2, 0.25) is 0 Å². The minimum Gasteiger partial charge on any atom is -0.381 e. The first-order valence-electron chi connectivity index (χ1n) is 8.27. The second kappa shape index (κ2) is 8.23. The SMILES string of the molecule is CC(CNC1CCCCC1)N(C)CC1CCCOC1. The van der Waals surface area contributed by atoms with E-state index in [0.29, 0.717) is 6.04 Å². The topological polar surface area (TPSA) is 24.5 Å². The fraction of sp³-hybridized carbons (Fsp3) is 1.00. The molecule has 1 heterocycles. The highest BCUT2D eigenvalue weighted by Crippen LogP contribution is 2.18. The summed E-state index contributed by atoms with van der Waals surface area (Å²) in [4.78, 5) is 2.51. The molecule has 1 aliphatic heterocycles. The lowest BCUT2D eigenvalue weighted by Gasteiger charge is -2.32. The first-order valence-corrected chi connectivity index (χ1v) is 8.27. The van der Waals surface area contributed by atoms with Crippen molar-refractivity contribution < 1.29 is 4.74 Å². The molecule has 0 spiro atoms. The Bertz CT molecular complexity index is 235. The van der Waals surface area contributed by atoms with Gasteiger partial charge in [0.05, 0.1) is 6.61 Å². The highest BCUT2D eigenvalue weighted by Gasteiger charge is 2.19. The van der Waals surface area contributed by atoms with E-state index in [0.717, 1.165) is 31.7 Å². The average molecular weight is 268 g/mol. The molecule has 3 nitrogen and oxygen atoms in total. The zero-order valence-corrected chi connectivity index (χ0v) is 12.9. The Morgan fingerprint density at radius 3 is 2.63 bits per heavy atom. The summed E-state index contributed by atoms with van der Waals surface area (Å²) in [7, 11) is 2.27. The number of nitrogens with one attached hydrogen (secondary N) is 1. The molecule has 2 aliphatic rings. The van der Waals surface area contributed by atoms with Crippen LogP contribution in [0, 0.1) is 5.92 Å². The molecule has 1 saturated carbocycles. The predicted molar refractivity (Wildman–Crippen MR) is 80.5 cm³/mol. The fourth-order valence-electron chi connectivity index (χ4n) is 3.34. The maximum absolute atomic E-state index is 5.58. The maximum Gasteiger partial charge on any atom is 0.0506 e. The van der Waals surface area contributed by atoms with Crippen molar-refractivity contribution in [3.8, 4) is 0 Å². The van der Waals surface area contributed by atoms with Crippen LogP contribution in [-0.2, 0) is 4.74 Å². The van der Waals surface area contributed by atoms with Crippen molar-refractivity contribution in [2.45, 2.75) is 64.0 Å². The third-order valence-corrected chi connectivity index (χ3v) is 4.86. The van der Waals surface area contributed by atoms with Gasteiger partial charge in [0.2, 0.25) is 0 Å². The van der Waals surface area contributed by atoms with E-state index in [-0.39, 0.29) is 0 Å². The van der Waals surface area contributed by atoms with Crippen molar-refractivity contribution in [3.63, 3.8) is 0 Å². The number of rotatable bonds is 6. The molecule has 2 unspecified atom stereocenters. The molecule has 0 aromatic rings. The molecule has 2 atom stereocenters. The van der Waals surface area contributed by atoms with Crippen molar-refractivity contribution in [3.05, 3.63) is 0 Å². The molecule has 1 saturated heterocycles. The number of likely N-dealkylation sites (N-methyl/N-ethyl adjacent to an activating group) is 1. The van der Waals surface area contributed by atoms with E-state index >= 15 is 0 Å². The van der Waals surface area contributed by atoms with Crippen molar-refractivity contribution in [2.75, 3.05) is 33.4 Å². The zero-order chi connectivity index (χ0) is 13.5. The normalized spacial score (nSPS) is 27.6. The molecule has 0 aromatic heterocycles. The molecule has 2 fully saturated rings. The molecular weight excluding hydrogens is 236 g/mol. The van der Waals surface area contributed by atoms with Crippen molar-refractivity contribution in [1.29, 1.82) is 0 Å². The lowest BCUT2D eigenvalue weighted by molar-refractivity contribution is 0.0370.